The summed E-state index contributed by atoms with van der Waals surface area (Å²) in [6.45, 7) is 8.18. The number of nitrogens with two attached hydrogens (primary N) is 1. The van der Waals surface area contributed by atoms with Crippen molar-refractivity contribution in [2.24, 2.45) is 11.7 Å². The van der Waals surface area contributed by atoms with Gasteiger partial charge in [0, 0.05) is 23.1 Å². The molecule has 3 rings (SSSR count). The Hall–Kier alpha value is -3.12. The summed E-state index contributed by atoms with van der Waals surface area (Å²) in [5, 5.41) is 4.04. The molecule has 170 valence electrons. The lowest BCUT2D eigenvalue weighted by atomic mass is 9.94. The minimum Gasteiger partial charge on any atom is -0.496 e. The first-order valence-electron chi connectivity index (χ1n) is 10.8. The zero-order valence-corrected chi connectivity index (χ0v) is 19.7. The van der Waals surface area contributed by atoms with Crippen LogP contribution in [0.25, 0.3) is 22.5 Å². The van der Waals surface area contributed by atoms with Crippen LogP contribution in [0.5, 0.6) is 11.5 Å². The Kier molecular flexibility index (Phi) is 7.36. The molecule has 6 nitrogen and oxygen atoms in total. The highest BCUT2D eigenvalue weighted by molar-refractivity contribution is 5.87. The largest absolute Gasteiger partial charge is 0.496 e. The Bertz CT molecular complexity index is 1100. The van der Waals surface area contributed by atoms with Crippen LogP contribution in [0.4, 0.5) is 0 Å². The van der Waals surface area contributed by atoms with Gasteiger partial charge in [-0.25, -0.2) is 0 Å². The third kappa shape index (κ3) is 5.02. The first-order valence-corrected chi connectivity index (χ1v) is 10.8. The van der Waals surface area contributed by atoms with E-state index in [1.165, 1.54) is 0 Å². The van der Waals surface area contributed by atoms with E-state index >= 15 is 0 Å². The fraction of sp³-hybridized carbons (Fsp3) is 0.385. The van der Waals surface area contributed by atoms with Crippen molar-refractivity contribution < 1.29 is 18.8 Å². The molecule has 2 aromatic carbocycles. The van der Waals surface area contributed by atoms with Crippen LogP contribution in [0.15, 0.2) is 41.1 Å². The Morgan fingerprint density at radius 1 is 1.06 bits per heavy atom. The van der Waals surface area contributed by atoms with Gasteiger partial charge in [-0.2, -0.15) is 0 Å². The summed E-state index contributed by atoms with van der Waals surface area (Å²) in [7, 11) is 3.26. The van der Waals surface area contributed by atoms with Crippen LogP contribution in [-0.4, -0.2) is 31.2 Å². The van der Waals surface area contributed by atoms with Crippen LogP contribution in [-0.2, 0) is 11.2 Å². The highest BCUT2D eigenvalue weighted by atomic mass is 16.5. The molecule has 3 aromatic rings. The van der Waals surface area contributed by atoms with E-state index in [4.69, 9.17) is 19.7 Å². The molecule has 0 saturated heterocycles. The summed E-state index contributed by atoms with van der Waals surface area (Å²) in [4.78, 5) is 12.7. The molecule has 32 heavy (non-hydrogen) atoms. The van der Waals surface area contributed by atoms with Gasteiger partial charge in [0.05, 0.1) is 26.5 Å². The monoisotopic (exact) mass is 436 g/mol. The highest BCUT2D eigenvalue weighted by Crippen LogP contribution is 2.37. The van der Waals surface area contributed by atoms with E-state index in [1.54, 1.807) is 20.4 Å². The van der Waals surface area contributed by atoms with Crippen LogP contribution in [0.2, 0.25) is 0 Å². The van der Waals surface area contributed by atoms with Gasteiger partial charge in [-0.15, -0.1) is 0 Å². The fourth-order valence-electron chi connectivity index (χ4n) is 3.87. The van der Waals surface area contributed by atoms with Crippen LogP contribution in [0.3, 0.4) is 0 Å². The number of hydrogen-bond donors (Lipinski definition) is 1. The van der Waals surface area contributed by atoms with Gasteiger partial charge in [0.2, 0.25) is 0 Å². The van der Waals surface area contributed by atoms with Crippen molar-refractivity contribution in [1.29, 1.82) is 0 Å². The van der Waals surface area contributed by atoms with E-state index < -0.39 is 6.04 Å². The molecule has 0 spiro atoms. The van der Waals surface area contributed by atoms with Crippen molar-refractivity contribution in [1.82, 2.24) is 5.16 Å². The van der Waals surface area contributed by atoms with Gasteiger partial charge in [0.15, 0.2) is 11.5 Å². The Morgan fingerprint density at radius 3 is 2.44 bits per heavy atom. The number of ketones is 1. The van der Waals surface area contributed by atoms with E-state index in [1.807, 2.05) is 38.1 Å². The average molecular weight is 437 g/mol. The minimum absolute atomic E-state index is 0.00131. The Labute approximate surface area is 189 Å². The minimum atomic E-state index is -0.488. The molecule has 0 aliphatic carbocycles. The first kappa shape index (κ1) is 23.5. The lowest BCUT2D eigenvalue weighted by Gasteiger charge is -2.15. The number of rotatable bonds is 9. The summed E-state index contributed by atoms with van der Waals surface area (Å²) < 4.78 is 16.7. The quantitative estimate of drug-likeness (QED) is 0.500. The van der Waals surface area contributed by atoms with Gasteiger partial charge in [0.25, 0.3) is 0 Å². The third-order valence-electron chi connectivity index (χ3n) is 5.77. The normalized spacial score (nSPS) is 12.1. The smallest absolute Gasteiger partial charge is 0.174 e. The molecule has 6 heteroatoms. The number of nitrogens with zero attached hydrogens (tertiary/aromatic N) is 1. The lowest BCUT2D eigenvalue weighted by molar-refractivity contribution is -0.120. The summed E-state index contributed by atoms with van der Waals surface area (Å²) in [5.74, 6) is 2.45. The number of ether oxygens (including phenoxy) is 2. The Balaban J connectivity index is 1.99. The maximum atomic E-state index is 12.7. The average Bonchev–Trinajstić information content (AvgIpc) is 3.25. The van der Waals surface area contributed by atoms with Crippen molar-refractivity contribution in [2.45, 2.75) is 46.6 Å². The standard InChI is InChI=1S/C26H32N2O4/c1-15(2)9-22(27)23(29)12-19-11-18(7-8-24(19)30-5)21-14-28-32-26(21)20-10-16(3)17(4)25(13-20)31-6/h7-8,10-11,13-15,22H,9,12,27H2,1-6H3. The molecule has 0 fully saturated rings. The topological polar surface area (TPSA) is 87.6 Å². The predicted molar refractivity (Wildman–Crippen MR) is 126 cm³/mol. The fourth-order valence-corrected chi connectivity index (χ4v) is 3.87. The van der Waals surface area contributed by atoms with E-state index in [9.17, 15) is 4.79 Å². The molecular weight excluding hydrogens is 404 g/mol. The maximum absolute atomic E-state index is 12.7. The predicted octanol–water partition coefficient (Wildman–Crippen LogP) is 5.13. The molecule has 1 heterocycles. The molecular formula is C26H32N2O4. The van der Waals surface area contributed by atoms with Gasteiger partial charge in [0.1, 0.15) is 11.5 Å². The van der Waals surface area contributed by atoms with Gasteiger partial charge in [-0.05, 0) is 67.1 Å². The van der Waals surface area contributed by atoms with E-state index in [-0.39, 0.29) is 12.2 Å². The van der Waals surface area contributed by atoms with Crippen molar-refractivity contribution in [3.63, 3.8) is 0 Å². The Morgan fingerprint density at radius 2 is 1.78 bits per heavy atom. The van der Waals surface area contributed by atoms with Crippen molar-refractivity contribution in [2.75, 3.05) is 14.2 Å². The van der Waals surface area contributed by atoms with Crippen molar-refractivity contribution >= 4 is 5.78 Å². The van der Waals surface area contributed by atoms with Gasteiger partial charge >= 0.3 is 0 Å². The summed E-state index contributed by atoms with van der Waals surface area (Å²) in [6, 6.07) is 9.27. The zero-order valence-electron chi connectivity index (χ0n) is 19.7. The van der Waals surface area contributed by atoms with Crippen LogP contribution in [0.1, 0.15) is 37.0 Å². The second-order valence-corrected chi connectivity index (χ2v) is 8.59. The number of aryl methyl sites for hydroxylation is 1. The van der Waals surface area contributed by atoms with Gasteiger partial charge in [-0.1, -0.05) is 25.1 Å². The van der Waals surface area contributed by atoms with E-state index in [0.717, 1.165) is 39.1 Å². The second-order valence-electron chi connectivity index (χ2n) is 8.59. The summed E-state index contributed by atoms with van der Waals surface area (Å²) in [6.07, 6.45) is 2.56. The number of carbonyl (C=O) groups is 1. The zero-order chi connectivity index (χ0) is 23.4. The molecule has 2 N–H and O–H groups in total. The summed E-state index contributed by atoms with van der Waals surface area (Å²) in [5.41, 5.74) is 11.7. The van der Waals surface area contributed by atoms with Crippen molar-refractivity contribution in [3.05, 3.63) is 53.2 Å². The molecule has 0 aliphatic heterocycles. The van der Waals surface area contributed by atoms with Crippen LogP contribution < -0.4 is 15.2 Å². The maximum Gasteiger partial charge on any atom is 0.174 e. The number of benzene rings is 2. The van der Waals surface area contributed by atoms with E-state index in [2.05, 4.69) is 25.1 Å². The van der Waals surface area contributed by atoms with Gasteiger partial charge < -0.3 is 19.7 Å². The number of hydrogen-bond acceptors (Lipinski definition) is 6. The SMILES string of the molecule is COc1ccc(-c2cnoc2-c2cc(C)c(C)c(OC)c2)cc1CC(=O)C(N)CC(C)C. The van der Waals surface area contributed by atoms with Crippen LogP contribution in [0, 0.1) is 19.8 Å². The number of methoxy groups -OCH3 is 2. The molecule has 1 unspecified atom stereocenters. The van der Waals surface area contributed by atoms with E-state index in [0.29, 0.717) is 23.8 Å². The molecule has 1 aromatic heterocycles. The molecule has 0 aliphatic rings. The second kappa shape index (κ2) is 10.0. The number of Topliss-reactive ketones (excluding diaryl/α,β-unsaturated/α-hetero) is 1. The number of aromatic nitrogens is 1. The lowest BCUT2D eigenvalue weighted by Crippen LogP contribution is -2.33. The molecule has 0 bridgehead atoms. The number of carbonyl (C=O) groups excluding carboxylic acids is 1. The highest BCUT2D eigenvalue weighted by Gasteiger charge is 2.20. The first-order chi connectivity index (χ1) is 15.2. The molecule has 1 atom stereocenters. The van der Waals surface area contributed by atoms with Gasteiger partial charge in [-0.3, -0.25) is 4.79 Å². The molecule has 0 radical (unpaired) electrons. The summed E-state index contributed by atoms with van der Waals surface area (Å²) >= 11 is 0. The van der Waals surface area contributed by atoms with Crippen LogP contribution >= 0.6 is 0 Å². The third-order valence-corrected chi connectivity index (χ3v) is 5.77. The molecule has 0 saturated carbocycles. The molecule has 0 amide bonds. The van der Waals surface area contributed by atoms with Crippen molar-refractivity contribution in [3.8, 4) is 33.9 Å².